The van der Waals surface area contributed by atoms with E-state index >= 15 is 0 Å². The van der Waals surface area contributed by atoms with Gasteiger partial charge in [0.05, 0.1) is 25.0 Å². The van der Waals surface area contributed by atoms with Crippen LogP contribution in [0, 0.1) is 0 Å². The second kappa shape index (κ2) is 9.64. The molecule has 0 aliphatic heterocycles. The summed E-state index contributed by atoms with van der Waals surface area (Å²) >= 11 is 0. The van der Waals surface area contributed by atoms with Gasteiger partial charge in [-0.15, -0.1) is 0 Å². The van der Waals surface area contributed by atoms with Gasteiger partial charge in [0.25, 0.3) is 0 Å². The summed E-state index contributed by atoms with van der Waals surface area (Å²) in [5.74, 6) is 0.700. The summed E-state index contributed by atoms with van der Waals surface area (Å²) in [6.07, 6.45) is 16.0. The summed E-state index contributed by atoms with van der Waals surface area (Å²) < 4.78 is 3.89. The lowest BCUT2D eigenvalue weighted by Crippen LogP contribution is -2.35. The van der Waals surface area contributed by atoms with E-state index in [1.165, 1.54) is 0 Å². The first-order chi connectivity index (χ1) is 16.2. The molecule has 170 valence electrons. The van der Waals surface area contributed by atoms with Crippen molar-refractivity contribution in [2.45, 2.75) is 37.8 Å². The lowest BCUT2D eigenvalue weighted by atomic mass is 9.91. The third-order valence-corrected chi connectivity index (χ3v) is 6.36. The Morgan fingerprint density at radius 3 is 2.33 bits per heavy atom. The lowest BCUT2D eigenvalue weighted by Gasteiger charge is -2.29. The van der Waals surface area contributed by atoms with Gasteiger partial charge >= 0.3 is 0 Å². The highest BCUT2D eigenvalue weighted by molar-refractivity contribution is 5.70. The Bertz CT molecular complexity index is 1190. The molecule has 1 aromatic carbocycles. The fourth-order valence-corrected chi connectivity index (χ4v) is 4.53. The highest BCUT2D eigenvalue weighted by Crippen LogP contribution is 2.30. The van der Waals surface area contributed by atoms with E-state index in [4.69, 9.17) is 5.11 Å². The van der Waals surface area contributed by atoms with Crippen LogP contribution in [0.4, 0.5) is 0 Å². The monoisotopic (exact) mass is 443 g/mol. The third-order valence-electron chi connectivity index (χ3n) is 6.36. The molecule has 0 saturated heterocycles. The van der Waals surface area contributed by atoms with Gasteiger partial charge in [0.1, 0.15) is 0 Å². The number of rotatable bonds is 7. The van der Waals surface area contributed by atoms with Crippen LogP contribution in [0.3, 0.4) is 0 Å². The van der Waals surface area contributed by atoms with Crippen LogP contribution < -0.4 is 5.32 Å². The van der Waals surface area contributed by atoms with Crippen molar-refractivity contribution in [3.05, 3.63) is 61.4 Å². The molecule has 3 heterocycles. The van der Waals surface area contributed by atoms with Gasteiger partial charge < -0.3 is 10.4 Å². The molecule has 1 aliphatic carbocycles. The Balaban J connectivity index is 1.27. The number of nitrogens with zero attached hydrogens (tertiary/aromatic N) is 6. The first kappa shape index (κ1) is 21.5. The number of aromatic nitrogens is 6. The minimum absolute atomic E-state index is 0.194. The Morgan fingerprint density at radius 2 is 1.61 bits per heavy atom. The van der Waals surface area contributed by atoms with Crippen LogP contribution in [0.15, 0.2) is 61.4 Å². The van der Waals surface area contributed by atoms with Crippen LogP contribution in [0.5, 0.6) is 0 Å². The molecule has 8 nitrogen and oxygen atoms in total. The topological polar surface area (TPSA) is 93.7 Å². The molecule has 0 atom stereocenters. The molecule has 8 heteroatoms. The van der Waals surface area contributed by atoms with Crippen LogP contribution in [0.1, 0.15) is 31.7 Å². The molecule has 2 N–H and O–H groups in total. The predicted octanol–water partition coefficient (Wildman–Crippen LogP) is 3.47. The summed E-state index contributed by atoms with van der Waals surface area (Å²) in [6.45, 7) is 0.865. The Kier molecular flexibility index (Phi) is 6.28. The Labute approximate surface area is 193 Å². The van der Waals surface area contributed by atoms with E-state index in [1.54, 1.807) is 4.68 Å². The summed E-state index contributed by atoms with van der Waals surface area (Å²) in [7, 11) is 1.92. The summed E-state index contributed by atoms with van der Waals surface area (Å²) in [5, 5.41) is 21.3. The SMILES string of the molecule is Cn1cc(-c2cccc(-c3ncc(-c4cnn([C@H]5CC[C@H](NCCO)CC5)c4)cn3)c2)cn1. The minimum atomic E-state index is 0.194. The molecule has 3 aromatic heterocycles. The second-order valence-corrected chi connectivity index (χ2v) is 8.67. The molecule has 0 unspecified atom stereocenters. The van der Waals surface area contributed by atoms with E-state index in [0.29, 0.717) is 24.5 Å². The maximum Gasteiger partial charge on any atom is 0.159 e. The van der Waals surface area contributed by atoms with Crippen molar-refractivity contribution in [3.8, 4) is 33.6 Å². The molecule has 4 aromatic rings. The van der Waals surface area contributed by atoms with Crippen molar-refractivity contribution in [1.29, 1.82) is 0 Å². The number of hydrogen-bond acceptors (Lipinski definition) is 6. The van der Waals surface area contributed by atoms with Crippen LogP contribution >= 0.6 is 0 Å². The van der Waals surface area contributed by atoms with Crippen LogP contribution in [-0.2, 0) is 7.05 Å². The molecule has 5 rings (SSSR count). The van der Waals surface area contributed by atoms with Gasteiger partial charge in [0.2, 0.25) is 0 Å². The fourth-order valence-electron chi connectivity index (χ4n) is 4.53. The van der Waals surface area contributed by atoms with Gasteiger partial charge in [-0.05, 0) is 37.3 Å². The van der Waals surface area contributed by atoms with Crippen LogP contribution in [0.25, 0.3) is 33.6 Å². The van der Waals surface area contributed by atoms with E-state index < -0.39 is 0 Å². The van der Waals surface area contributed by atoms with E-state index in [0.717, 1.165) is 53.5 Å². The molecule has 1 saturated carbocycles. The third kappa shape index (κ3) is 4.86. The van der Waals surface area contributed by atoms with Crippen molar-refractivity contribution >= 4 is 0 Å². The molecule has 0 radical (unpaired) electrons. The first-order valence-electron chi connectivity index (χ1n) is 11.5. The fraction of sp³-hybridized carbons (Fsp3) is 0.360. The van der Waals surface area contributed by atoms with E-state index in [1.807, 2.05) is 50.2 Å². The van der Waals surface area contributed by atoms with Crippen molar-refractivity contribution in [1.82, 2.24) is 34.8 Å². The average Bonchev–Trinajstić information content (AvgIpc) is 3.53. The molecule has 0 amide bonds. The quantitative estimate of drug-likeness (QED) is 0.454. The van der Waals surface area contributed by atoms with Gasteiger partial charge in [-0.2, -0.15) is 10.2 Å². The molecule has 0 bridgehead atoms. The van der Waals surface area contributed by atoms with Gasteiger partial charge in [0.15, 0.2) is 5.82 Å². The van der Waals surface area contributed by atoms with E-state index in [-0.39, 0.29) is 6.61 Å². The predicted molar refractivity (Wildman–Crippen MR) is 127 cm³/mol. The highest BCUT2D eigenvalue weighted by atomic mass is 16.3. The number of nitrogens with one attached hydrogen (secondary N) is 1. The minimum Gasteiger partial charge on any atom is -0.395 e. The summed E-state index contributed by atoms with van der Waals surface area (Å²) in [6, 6.07) is 9.13. The Morgan fingerprint density at radius 1 is 0.879 bits per heavy atom. The molecule has 0 spiro atoms. The Hall–Kier alpha value is -3.36. The molecular formula is C25H29N7O. The van der Waals surface area contributed by atoms with Gasteiger partial charge in [0, 0.05) is 66.7 Å². The summed E-state index contributed by atoms with van der Waals surface area (Å²) in [4.78, 5) is 9.26. The van der Waals surface area contributed by atoms with Gasteiger partial charge in [-0.1, -0.05) is 18.2 Å². The number of aryl methyl sites for hydroxylation is 1. The van der Waals surface area contributed by atoms with Crippen molar-refractivity contribution in [2.75, 3.05) is 13.2 Å². The molecule has 33 heavy (non-hydrogen) atoms. The normalized spacial score (nSPS) is 18.5. The van der Waals surface area contributed by atoms with Gasteiger partial charge in [-0.25, -0.2) is 9.97 Å². The molecule has 1 fully saturated rings. The highest BCUT2D eigenvalue weighted by Gasteiger charge is 2.22. The summed E-state index contributed by atoms with van der Waals surface area (Å²) in [5.41, 5.74) is 5.14. The van der Waals surface area contributed by atoms with Crippen molar-refractivity contribution < 1.29 is 5.11 Å². The first-order valence-corrected chi connectivity index (χ1v) is 11.5. The van der Waals surface area contributed by atoms with E-state index in [9.17, 15) is 0 Å². The van der Waals surface area contributed by atoms with Gasteiger partial charge in [-0.3, -0.25) is 9.36 Å². The van der Waals surface area contributed by atoms with Crippen molar-refractivity contribution in [3.63, 3.8) is 0 Å². The number of aliphatic hydroxyl groups excluding tert-OH is 1. The zero-order valence-electron chi connectivity index (χ0n) is 18.8. The zero-order chi connectivity index (χ0) is 22.6. The zero-order valence-corrected chi connectivity index (χ0v) is 18.8. The average molecular weight is 444 g/mol. The lowest BCUT2D eigenvalue weighted by molar-refractivity contribution is 0.247. The maximum atomic E-state index is 8.99. The largest absolute Gasteiger partial charge is 0.395 e. The number of hydrogen-bond donors (Lipinski definition) is 2. The molecule has 1 aliphatic rings. The molecular weight excluding hydrogens is 414 g/mol. The van der Waals surface area contributed by atoms with E-state index in [2.05, 4.69) is 48.5 Å². The standard InChI is InChI=1S/C25H29N7O/c1-31-16-21(14-29-31)18-3-2-4-19(11-18)25-27-12-20(13-28-25)22-15-30-32(17-22)24-7-5-23(6-8-24)26-9-10-33/h2-4,11-17,23-24,26,33H,5-10H2,1H3/t23-,24-. The number of aliphatic hydroxyl groups is 1. The van der Waals surface area contributed by atoms with Crippen LogP contribution in [-0.4, -0.2) is 53.8 Å². The smallest absolute Gasteiger partial charge is 0.159 e. The van der Waals surface area contributed by atoms with Crippen LogP contribution in [0.2, 0.25) is 0 Å². The second-order valence-electron chi connectivity index (χ2n) is 8.67. The number of benzene rings is 1. The maximum absolute atomic E-state index is 8.99. The van der Waals surface area contributed by atoms with Crippen molar-refractivity contribution in [2.24, 2.45) is 7.05 Å².